The maximum Gasteiger partial charge on any atom is 0.290 e. The quantitative estimate of drug-likeness (QED) is 0.885. The van der Waals surface area contributed by atoms with Crippen LogP contribution in [-0.4, -0.2) is 32.7 Å². The first-order valence-electron chi connectivity index (χ1n) is 9.19. The number of aliphatic hydroxyl groups excluding tert-OH is 1. The Morgan fingerprint density at radius 1 is 1.32 bits per heavy atom. The SMILES string of the molecule is CC(C)CC(=O)C1=C(O)C(=O)N(C2CCCCC2)C1c1cccnc1. The molecule has 1 fully saturated rings. The number of amides is 1. The number of ketones is 1. The molecule has 1 aromatic rings. The van der Waals surface area contributed by atoms with Crippen molar-refractivity contribution in [1.82, 2.24) is 9.88 Å². The van der Waals surface area contributed by atoms with Gasteiger partial charge in [0.05, 0.1) is 11.6 Å². The first kappa shape index (κ1) is 17.6. The molecule has 1 saturated carbocycles. The van der Waals surface area contributed by atoms with E-state index in [0.29, 0.717) is 6.42 Å². The number of rotatable bonds is 5. The highest BCUT2D eigenvalue weighted by Crippen LogP contribution is 2.42. The molecule has 0 spiro atoms. The molecule has 1 aliphatic carbocycles. The average Bonchev–Trinajstić information content (AvgIpc) is 2.87. The van der Waals surface area contributed by atoms with Crippen LogP contribution >= 0.6 is 0 Å². The van der Waals surface area contributed by atoms with E-state index in [2.05, 4.69) is 4.98 Å². The minimum atomic E-state index is -0.518. The molecule has 2 aliphatic rings. The van der Waals surface area contributed by atoms with Crippen LogP contribution in [0.1, 0.15) is 64.0 Å². The number of Topliss-reactive ketones (excluding diaryl/α,β-unsaturated/α-hetero) is 1. The lowest BCUT2D eigenvalue weighted by molar-refractivity contribution is -0.132. The van der Waals surface area contributed by atoms with E-state index >= 15 is 0 Å². The second kappa shape index (κ2) is 7.38. The number of carbonyl (C=O) groups is 2. The summed E-state index contributed by atoms with van der Waals surface area (Å²) < 4.78 is 0. The van der Waals surface area contributed by atoms with E-state index < -0.39 is 11.9 Å². The summed E-state index contributed by atoms with van der Waals surface area (Å²) in [6, 6.07) is 3.23. The summed E-state index contributed by atoms with van der Waals surface area (Å²) in [5, 5.41) is 10.5. The number of hydrogen-bond donors (Lipinski definition) is 1. The summed E-state index contributed by atoms with van der Waals surface area (Å²) in [6.07, 6.45) is 8.84. The van der Waals surface area contributed by atoms with Crippen LogP contribution in [0.2, 0.25) is 0 Å². The minimum Gasteiger partial charge on any atom is -0.503 e. The van der Waals surface area contributed by atoms with Crippen molar-refractivity contribution in [3.8, 4) is 0 Å². The highest BCUT2D eigenvalue weighted by atomic mass is 16.3. The normalized spacial score (nSPS) is 22.1. The van der Waals surface area contributed by atoms with Crippen molar-refractivity contribution in [3.05, 3.63) is 41.4 Å². The van der Waals surface area contributed by atoms with Gasteiger partial charge in [-0.3, -0.25) is 14.6 Å². The lowest BCUT2D eigenvalue weighted by Gasteiger charge is -2.36. The largest absolute Gasteiger partial charge is 0.503 e. The van der Waals surface area contributed by atoms with E-state index in [1.165, 1.54) is 6.42 Å². The Morgan fingerprint density at radius 3 is 2.64 bits per heavy atom. The fourth-order valence-electron chi connectivity index (χ4n) is 3.99. The lowest BCUT2D eigenvalue weighted by Crippen LogP contribution is -2.41. The van der Waals surface area contributed by atoms with Crippen LogP contribution in [0.25, 0.3) is 0 Å². The summed E-state index contributed by atoms with van der Waals surface area (Å²) in [5.41, 5.74) is 1.04. The zero-order valence-corrected chi connectivity index (χ0v) is 14.9. The summed E-state index contributed by atoms with van der Waals surface area (Å²) in [4.78, 5) is 31.5. The maximum atomic E-state index is 12.8. The third-order valence-corrected chi connectivity index (χ3v) is 5.11. The molecule has 5 heteroatoms. The Bertz CT molecular complexity index is 675. The van der Waals surface area contributed by atoms with Gasteiger partial charge in [0.2, 0.25) is 0 Å². The zero-order valence-electron chi connectivity index (χ0n) is 14.9. The highest BCUT2D eigenvalue weighted by molar-refractivity contribution is 6.09. The summed E-state index contributed by atoms with van der Waals surface area (Å²) in [5.74, 6) is -0.757. The maximum absolute atomic E-state index is 12.8. The van der Waals surface area contributed by atoms with E-state index in [0.717, 1.165) is 31.2 Å². The minimum absolute atomic E-state index is 0.0676. The third kappa shape index (κ3) is 3.46. The molecular weight excluding hydrogens is 316 g/mol. The Balaban J connectivity index is 2.02. The van der Waals surface area contributed by atoms with Crippen molar-refractivity contribution < 1.29 is 14.7 Å². The summed E-state index contributed by atoms with van der Waals surface area (Å²) in [6.45, 7) is 3.93. The van der Waals surface area contributed by atoms with Gasteiger partial charge in [0.1, 0.15) is 0 Å². The Hall–Kier alpha value is -2.17. The van der Waals surface area contributed by atoms with Crippen molar-refractivity contribution in [3.63, 3.8) is 0 Å². The molecule has 134 valence electrons. The van der Waals surface area contributed by atoms with Gasteiger partial charge in [-0.25, -0.2) is 0 Å². The van der Waals surface area contributed by atoms with Crippen LogP contribution in [-0.2, 0) is 9.59 Å². The second-order valence-electron chi connectivity index (χ2n) is 7.48. The van der Waals surface area contributed by atoms with Gasteiger partial charge < -0.3 is 10.0 Å². The molecule has 2 heterocycles. The molecule has 25 heavy (non-hydrogen) atoms. The van der Waals surface area contributed by atoms with Gasteiger partial charge in [-0.05, 0) is 30.4 Å². The molecule has 5 nitrogen and oxygen atoms in total. The van der Waals surface area contributed by atoms with Gasteiger partial charge >= 0.3 is 0 Å². The molecule has 3 rings (SSSR count). The first-order chi connectivity index (χ1) is 12.0. The topological polar surface area (TPSA) is 70.5 Å². The van der Waals surface area contributed by atoms with Gasteiger partial charge in [-0.1, -0.05) is 39.2 Å². The molecule has 1 amide bonds. The van der Waals surface area contributed by atoms with Gasteiger partial charge in [-0.2, -0.15) is 0 Å². The van der Waals surface area contributed by atoms with Crippen molar-refractivity contribution in [2.45, 2.75) is 64.5 Å². The molecule has 0 radical (unpaired) electrons. The fraction of sp³-hybridized carbons (Fsp3) is 0.550. The fourth-order valence-corrected chi connectivity index (χ4v) is 3.99. The molecule has 0 saturated heterocycles. The second-order valence-corrected chi connectivity index (χ2v) is 7.48. The predicted molar refractivity (Wildman–Crippen MR) is 94.8 cm³/mol. The predicted octanol–water partition coefficient (Wildman–Crippen LogP) is 3.72. The van der Waals surface area contributed by atoms with Crippen LogP contribution in [0.3, 0.4) is 0 Å². The molecule has 1 aliphatic heterocycles. The molecular formula is C20H26N2O3. The van der Waals surface area contributed by atoms with E-state index in [1.54, 1.807) is 23.4 Å². The van der Waals surface area contributed by atoms with Crippen LogP contribution in [0.15, 0.2) is 35.9 Å². The molecule has 0 bridgehead atoms. The van der Waals surface area contributed by atoms with Crippen LogP contribution in [0, 0.1) is 5.92 Å². The molecule has 0 aromatic carbocycles. The van der Waals surface area contributed by atoms with Gasteiger partial charge in [-0.15, -0.1) is 0 Å². The van der Waals surface area contributed by atoms with Crippen LogP contribution in [0.5, 0.6) is 0 Å². The highest BCUT2D eigenvalue weighted by Gasteiger charge is 2.46. The van der Waals surface area contributed by atoms with Crippen LogP contribution < -0.4 is 0 Å². The first-order valence-corrected chi connectivity index (χ1v) is 9.19. The van der Waals surface area contributed by atoms with Crippen LogP contribution in [0.4, 0.5) is 0 Å². The van der Waals surface area contributed by atoms with E-state index in [4.69, 9.17) is 0 Å². The molecule has 1 atom stereocenters. The Morgan fingerprint density at radius 2 is 2.04 bits per heavy atom. The van der Waals surface area contributed by atoms with Crippen molar-refractivity contribution in [1.29, 1.82) is 0 Å². The number of hydrogen-bond acceptors (Lipinski definition) is 4. The van der Waals surface area contributed by atoms with E-state index in [9.17, 15) is 14.7 Å². The van der Waals surface area contributed by atoms with Gasteiger partial charge in [0.15, 0.2) is 11.5 Å². The van der Waals surface area contributed by atoms with E-state index in [-0.39, 0.29) is 29.1 Å². The number of aliphatic hydroxyl groups is 1. The number of carbonyl (C=O) groups excluding carboxylic acids is 2. The number of nitrogens with zero attached hydrogens (tertiary/aromatic N) is 2. The zero-order chi connectivity index (χ0) is 18.0. The summed E-state index contributed by atoms with van der Waals surface area (Å²) in [7, 11) is 0. The Kier molecular flexibility index (Phi) is 5.21. The standard InChI is InChI=1S/C20H26N2O3/c1-13(2)11-16(23)17-18(14-7-6-10-21-12-14)22(20(25)19(17)24)15-8-4-3-5-9-15/h6-7,10,12-13,15,18,24H,3-5,8-9,11H2,1-2H3. The third-order valence-electron chi connectivity index (χ3n) is 5.11. The molecule has 1 unspecified atom stereocenters. The Labute approximate surface area is 148 Å². The molecule has 1 aromatic heterocycles. The van der Waals surface area contributed by atoms with E-state index in [1.807, 2.05) is 19.9 Å². The van der Waals surface area contributed by atoms with Crippen molar-refractivity contribution >= 4 is 11.7 Å². The summed E-state index contributed by atoms with van der Waals surface area (Å²) >= 11 is 0. The smallest absolute Gasteiger partial charge is 0.290 e. The number of pyridine rings is 1. The van der Waals surface area contributed by atoms with Gasteiger partial charge in [0.25, 0.3) is 5.91 Å². The molecule has 1 N–H and O–H groups in total. The van der Waals surface area contributed by atoms with Gasteiger partial charge in [0, 0.05) is 24.9 Å². The number of aromatic nitrogens is 1. The monoisotopic (exact) mass is 342 g/mol. The lowest BCUT2D eigenvalue weighted by atomic mass is 9.89. The van der Waals surface area contributed by atoms with Crippen molar-refractivity contribution in [2.75, 3.05) is 0 Å². The van der Waals surface area contributed by atoms with Crippen molar-refractivity contribution in [2.24, 2.45) is 5.92 Å². The average molecular weight is 342 g/mol.